The maximum Gasteiger partial charge on any atom is 0.344 e. The maximum atomic E-state index is 12.5. The number of hydrogen-bond acceptors (Lipinski definition) is 5. The van der Waals surface area contributed by atoms with Crippen molar-refractivity contribution in [2.75, 3.05) is 7.11 Å². The Morgan fingerprint density at radius 2 is 2.08 bits per heavy atom. The van der Waals surface area contributed by atoms with Crippen molar-refractivity contribution in [3.8, 4) is 11.1 Å². The Hall–Kier alpha value is -2.86. The summed E-state index contributed by atoms with van der Waals surface area (Å²) in [4.78, 5) is 27.4. The maximum absolute atomic E-state index is 12.5. The number of ether oxygens (including phenoxy) is 1. The highest BCUT2D eigenvalue weighted by atomic mass is 35.5. The van der Waals surface area contributed by atoms with Gasteiger partial charge in [-0.1, -0.05) is 23.7 Å². The Balaban J connectivity index is 2.58. The average Bonchev–Trinajstić information content (AvgIpc) is 2.52. The number of hydrogen-bond donors (Lipinski definition) is 2. The van der Waals surface area contributed by atoms with Crippen LogP contribution in [0.5, 0.6) is 0 Å². The smallest absolute Gasteiger partial charge is 0.344 e. The number of halogens is 1. The Labute approximate surface area is 141 Å². The summed E-state index contributed by atoms with van der Waals surface area (Å²) in [5.74, 6) is -0.763. The van der Waals surface area contributed by atoms with E-state index < -0.39 is 11.5 Å². The number of H-pyrrole nitrogens is 1. The molecule has 3 rings (SSSR count). The topological polar surface area (TPSA) is 96.2 Å². The molecule has 0 aliphatic carbocycles. The number of aromatic nitrogens is 1. The SMILES string of the molecule is COC(=O)c1c(-c2cccc(Cl)c2)c2c(=O)[nH]c(C)cc2oc1=N. The average molecular weight is 345 g/mol. The number of fused-ring (bicyclic) bond motifs is 1. The monoisotopic (exact) mass is 344 g/mol. The van der Waals surface area contributed by atoms with Crippen molar-refractivity contribution >= 4 is 28.5 Å². The van der Waals surface area contributed by atoms with Crippen LogP contribution in [0.1, 0.15) is 16.1 Å². The zero-order chi connectivity index (χ0) is 17.4. The minimum Gasteiger partial charge on any atom is -0.465 e. The molecule has 0 saturated heterocycles. The Kier molecular flexibility index (Phi) is 3.99. The number of pyridine rings is 1. The zero-order valence-electron chi connectivity index (χ0n) is 12.9. The van der Waals surface area contributed by atoms with Crippen molar-refractivity contribution in [3.05, 3.63) is 62.5 Å². The van der Waals surface area contributed by atoms with Gasteiger partial charge in [0.1, 0.15) is 11.1 Å². The van der Waals surface area contributed by atoms with Gasteiger partial charge in [0.05, 0.1) is 12.5 Å². The van der Waals surface area contributed by atoms with Gasteiger partial charge in [-0.15, -0.1) is 0 Å². The lowest BCUT2D eigenvalue weighted by atomic mass is 9.97. The van der Waals surface area contributed by atoms with E-state index in [-0.39, 0.29) is 27.7 Å². The number of benzene rings is 1. The molecule has 24 heavy (non-hydrogen) atoms. The number of nitrogens with one attached hydrogen (secondary N) is 2. The second-order valence-electron chi connectivity index (χ2n) is 5.20. The Bertz CT molecular complexity index is 1080. The number of methoxy groups -OCH3 is 1. The van der Waals surface area contributed by atoms with Crippen molar-refractivity contribution in [2.24, 2.45) is 0 Å². The number of aryl methyl sites for hydroxylation is 1. The molecule has 0 radical (unpaired) electrons. The molecule has 7 heteroatoms. The largest absolute Gasteiger partial charge is 0.465 e. The number of rotatable bonds is 2. The second kappa shape index (κ2) is 5.98. The molecule has 6 nitrogen and oxygen atoms in total. The third-order valence-corrected chi connectivity index (χ3v) is 3.81. The molecule has 2 N–H and O–H groups in total. The normalized spacial score (nSPS) is 10.8. The highest BCUT2D eigenvalue weighted by molar-refractivity contribution is 6.31. The van der Waals surface area contributed by atoms with Gasteiger partial charge in [0.15, 0.2) is 0 Å². The Morgan fingerprint density at radius 1 is 1.33 bits per heavy atom. The van der Waals surface area contributed by atoms with Crippen LogP contribution in [0.25, 0.3) is 22.1 Å². The van der Waals surface area contributed by atoms with Gasteiger partial charge in [-0.25, -0.2) is 4.79 Å². The number of aromatic amines is 1. The first-order valence-corrected chi connectivity index (χ1v) is 7.39. The van der Waals surface area contributed by atoms with Crippen molar-refractivity contribution in [3.63, 3.8) is 0 Å². The van der Waals surface area contributed by atoms with E-state index in [0.29, 0.717) is 16.3 Å². The van der Waals surface area contributed by atoms with Crippen LogP contribution in [0.2, 0.25) is 5.02 Å². The second-order valence-corrected chi connectivity index (χ2v) is 5.64. The summed E-state index contributed by atoms with van der Waals surface area (Å²) in [7, 11) is 1.20. The molecule has 0 aliphatic heterocycles. The van der Waals surface area contributed by atoms with E-state index in [0.717, 1.165) is 0 Å². The van der Waals surface area contributed by atoms with E-state index in [4.69, 9.17) is 26.2 Å². The van der Waals surface area contributed by atoms with Crippen molar-refractivity contribution in [1.29, 1.82) is 5.41 Å². The molecule has 0 aliphatic rings. The van der Waals surface area contributed by atoms with Gasteiger partial charge in [0, 0.05) is 22.3 Å². The molecule has 3 aromatic rings. The Morgan fingerprint density at radius 3 is 2.75 bits per heavy atom. The minimum atomic E-state index is -0.763. The fourth-order valence-corrected chi connectivity index (χ4v) is 2.79. The zero-order valence-corrected chi connectivity index (χ0v) is 13.7. The van der Waals surface area contributed by atoms with Crippen LogP contribution in [-0.2, 0) is 4.74 Å². The lowest BCUT2D eigenvalue weighted by molar-refractivity contribution is 0.0596. The molecule has 0 fully saturated rings. The van der Waals surface area contributed by atoms with E-state index in [2.05, 4.69) is 4.98 Å². The van der Waals surface area contributed by atoms with Gasteiger partial charge in [-0.05, 0) is 24.6 Å². The standard InChI is InChI=1S/C17H13ClN2O4/c1-8-6-11-13(16(21)20-8)12(9-4-3-5-10(18)7-9)14(15(19)24-11)17(22)23-2/h3-7,19H,1-2H3,(H,20,21). The van der Waals surface area contributed by atoms with Crippen LogP contribution in [0.3, 0.4) is 0 Å². The molecule has 0 unspecified atom stereocenters. The molecule has 0 spiro atoms. The lowest BCUT2D eigenvalue weighted by Crippen LogP contribution is -2.20. The summed E-state index contributed by atoms with van der Waals surface area (Å²) >= 11 is 6.04. The summed E-state index contributed by atoms with van der Waals surface area (Å²) in [6.07, 6.45) is 0. The summed E-state index contributed by atoms with van der Waals surface area (Å²) in [6, 6.07) is 8.28. The third kappa shape index (κ3) is 2.61. The number of carbonyl (C=O) groups excluding carboxylic acids is 1. The van der Waals surface area contributed by atoms with Gasteiger partial charge in [0.2, 0.25) is 5.55 Å². The fraction of sp³-hybridized carbons (Fsp3) is 0.118. The first kappa shape index (κ1) is 16.0. The molecule has 0 saturated carbocycles. The van der Waals surface area contributed by atoms with Gasteiger partial charge >= 0.3 is 5.97 Å². The van der Waals surface area contributed by atoms with Crippen molar-refractivity contribution in [1.82, 2.24) is 4.98 Å². The van der Waals surface area contributed by atoms with E-state index in [1.165, 1.54) is 7.11 Å². The summed E-state index contributed by atoms with van der Waals surface area (Å²) < 4.78 is 10.1. The van der Waals surface area contributed by atoms with Crippen LogP contribution in [0, 0.1) is 12.3 Å². The molecule has 2 heterocycles. The summed E-state index contributed by atoms with van der Waals surface area (Å²) in [5, 5.41) is 8.66. The quantitative estimate of drug-likeness (QED) is 0.698. The minimum absolute atomic E-state index is 0.124. The highest BCUT2D eigenvalue weighted by Gasteiger charge is 2.23. The molecule has 0 atom stereocenters. The van der Waals surface area contributed by atoms with Crippen LogP contribution in [0.15, 0.2) is 39.5 Å². The van der Waals surface area contributed by atoms with E-state index in [1.54, 1.807) is 37.3 Å². The van der Waals surface area contributed by atoms with Crippen LogP contribution < -0.4 is 11.1 Å². The van der Waals surface area contributed by atoms with Crippen LogP contribution in [-0.4, -0.2) is 18.1 Å². The first-order chi connectivity index (χ1) is 11.4. The van der Waals surface area contributed by atoms with Gasteiger partial charge in [0.25, 0.3) is 5.56 Å². The summed E-state index contributed by atoms with van der Waals surface area (Å²) in [6.45, 7) is 1.70. The van der Waals surface area contributed by atoms with E-state index >= 15 is 0 Å². The predicted molar refractivity (Wildman–Crippen MR) is 89.2 cm³/mol. The highest BCUT2D eigenvalue weighted by Crippen LogP contribution is 2.30. The molecule has 1 aromatic carbocycles. The molecule has 2 aromatic heterocycles. The van der Waals surface area contributed by atoms with Gasteiger partial charge < -0.3 is 14.1 Å². The first-order valence-electron chi connectivity index (χ1n) is 7.02. The molecule has 0 bridgehead atoms. The molecule has 0 amide bonds. The fourth-order valence-electron chi connectivity index (χ4n) is 2.60. The number of carbonyl (C=O) groups is 1. The molecular formula is C17H13ClN2O4. The summed E-state index contributed by atoms with van der Waals surface area (Å²) in [5.41, 5.74) is 0.649. The van der Waals surface area contributed by atoms with Crippen LogP contribution in [0.4, 0.5) is 0 Å². The van der Waals surface area contributed by atoms with Crippen molar-refractivity contribution < 1.29 is 13.9 Å². The van der Waals surface area contributed by atoms with Gasteiger partial charge in [-0.3, -0.25) is 10.2 Å². The number of esters is 1. The van der Waals surface area contributed by atoms with Gasteiger partial charge in [-0.2, -0.15) is 0 Å². The third-order valence-electron chi connectivity index (χ3n) is 3.57. The van der Waals surface area contributed by atoms with E-state index in [1.807, 2.05) is 0 Å². The van der Waals surface area contributed by atoms with E-state index in [9.17, 15) is 9.59 Å². The van der Waals surface area contributed by atoms with Crippen LogP contribution >= 0.6 is 11.6 Å². The molecular weight excluding hydrogens is 332 g/mol. The predicted octanol–water partition coefficient (Wildman–Crippen LogP) is 3.02. The lowest BCUT2D eigenvalue weighted by Gasteiger charge is -2.11. The molecule has 122 valence electrons. The van der Waals surface area contributed by atoms with Crippen molar-refractivity contribution in [2.45, 2.75) is 6.92 Å².